The number of nitrogens with zero attached hydrogens (tertiary/aromatic N) is 6. The van der Waals surface area contributed by atoms with Gasteiger partial charge in [0.1, 0.15) is 17.7 Å². The van der Waals surface area contributed by atoms with E-state index in [4.69, 9.17) is 0 Å². The zero-order valence-corrected chi connectivity index (χ0v) is 18.3. The van der Waals surface area contributed by atoms with Crippen molar-refractivity contribution in [1.82, 2.24) is 29.5 Å². The molecule has 0 bridgehead atoms. The van der Waals surface area contributed by atoms with Crippen molar-refractivity contribution >= 4 is 11.7 Å². The Hall–Kier alpha value is -3.18. The zero-order valence-electron chi connectivity index (χ0n) is 18.3. The van der Waals surface area contributed by atoms with Gasteiger partial charge in [-0.25, -0.2) is 23.3 Å². The molecule has 7 nitrogen and oxygen atoms in total. The SMILES string of the molecule is CC[C@H]1CC[C@H]2C(c3cc(C(F)F)nc4ncnn34)[C@H]2N1C(=O)c1cc(C)nc(C(F)(F)F)c1. The third-order valence-electron chi connectivity index (χ3n) is 6.74. The van der Waals surface area contributed by atoms with Crippen molar-refractivity contribution in [2.24, 2.45) is 5.92 Å². The van der Waals surface area contributed by atoms with Gasteiger partial charge in [0.2, 0.25) is 0 Å². The quantitative estimate of drug-likeness (QED) is 0.511. The number of hydrogen-bond donors (Lipinski definition) is 0. The standard InChI is InChI=1S/C22H21F5N6O/c1-3-12-4-5-13-17(15-8-14(19(23)24)31-21-28-9-29-33(15)21)18(13)32(12)20(34)11-6-10(2)30-16(7-11)22(25,26)27/h6-9,12-13,17-19H,3-5H2,1-2H3/t12-,13-,17?,18-/m0/s1. The first kappa shape index (κ1) is 22.6. The Kier molecular flexibility index (Phi) is 5.28. The summed E-state index contributed by atoms with van der Waals surface area (Å²) >= 11 is 0. The van der Waals surface area contributed by atoms with E-state index < -0.39 is 29.9 Å². The number of amides is 1. The second kappa shape index (κ2) is 7.95. The van der Waals surface area contributed by atoms with Gasteiger partial charge in [-0.2, -0.15) is 23.3 Å². The molecular weight excluding hydrogens is 459 g/mol. The van der Waals surface area contributed by atoms with E-state index in [1.54, 1.807) is 4.90 Å². The van der Waals surface area contributed by atoms with Crippen LogP contribution < -0.4 is 0 Å². The average Bonchev–Trinajstić information content (AvgIpc) is 3.31. The van der Waals surface area contributed by atoms with Crippen LogP contribution in [0.2, 0.25) is 0 Å². The Morgan fingerprint density at radius 1 is 1.18 bits per heavy atom. The molecule has 4 heterocycles. The molecule has 1 unspecified atom stereocenters. The first-order chi connectivity index (χ1) is 16.1. The van der Waals surface area contributed by atoms with E-state index in [1.165, 1.54) is 29.9 Å². The van der Waals surface area contributed by atoms with E-state index in [0.717, 1.165) is 12.5 Å². The molecule has 3 aromatic heterocycles. The fraction of sp³-hybridized carbons (Fsp3) is 0.500. The largest absolute Gasteiger partial charge is 0.433 e. The van der Waals surface area contributed by atoms with Gasteiger partial charge in [0.25, 0.3) is 18.1 Å². The van der Waals surface area contributed by atoms with Crippen LogP contribution in [0.3, 0.4) is 0 Å². The molecule has 1 aliphatic carbocycles. The van der Waals surface area contributed by atoms with Crippen LogP contribution in [-0.2, 0) is 6.18 Å². The third kappa shape index (κ3) is 3.68. The fourth-order valence-electron chi connectivity index (χ4n) is 5.24. The van der Waals surface area contributed by atoms with Crippen LogP contribution in [0.25, 0.3) is 5.78 Å². The van der Waals surface area contributed by atoms with Crippen LogP contribution in [-0.4, -0.2) is 47.5 Å². The number of pyridine rings is 1. The smallest absolute Gasteiger partial charge is 0.332 e. The van der Waals surface area contributed by atoms with Crippen molar-refractivity contribution in [3.8, 4) is 0 Å². The summed E-state index contributed by atoms with van der Waals surface area (Å²) in [5.41, 5.74) is -1.07. The summed E-state index contributed by atoms with van der Waals surface area (Å²) in [7, 11) is 0. The first-order valence-corrected chi connectivity index (χ1v) is 11.0. The molecule has 3 aromatic rings. The Morgan fingerprint density at radius 2 is 1.94 bits per heavy atom. The number of rotatable bonds is 4. The van der Waals surface area contributed by atoms with E-state index in [9.17, 15) is 26.7 Å². The number of carbonyl (C=O) groups excluding carboxylic acids is 1. The highest BCUT2D eigenvalue weighted by molar-refractivity contribution is 5.95. The minimum Gasteiger partial charge on any atom is -0.332 e. The summed E-state index contributed by atoms with van der Waals surface area (Å²) in [6.07, 6.45) is -4.20. The maximum absolute atomic E-state index is 13.6. The van der Waals surface area contributed by atoms with Crippen molar-refractivity contribution < 1.29 is 26.7 Å². The van der Waals surface area contributed by atoms with Gasteiger partial charge in [0.05, 0.1) is 5.69 Å². The number of alkyl halides is 5. The Labute approximate surface area is 191 Å². The molecule has 12 heteroatoms. The molecule has 5 rings (SSSR count). The van der Waals surface area contributed by atoms with Crippen LogP contribution in [0.1, 0.15) is 71.7 Å². The number of carbonyl (C=O) groups is 1. The molecule has 1 saturated heterocycles. The van der Waals surface area contributed by atoms with Crippen LogP contribution in [0.15, 0.2) is 24.5 Å². The number of piperidine rings is 1. The van der Waals surface area contributed by atoms with Crippen molar-refractivity contribution in [3.05, 3.63) is 52.9 Å². The molecule has 1 aliphatic heterocycles. The molecule has 1 saturated carbocycles. The monoisotopic (exact) mass is 480 g/mol. The number of aryl methyl sites for hydroxylation is 1. The van der Waals surface area contributed by atoms with E-state index in [-0.39, 0.29) is 41.0 Å². The third-order valence-corrected chi connectivity index (χ3v) is 6.74. The van der Waals surface area contributed by atoms with Gasteiger partial charge in [0.15, 0.2) is 0 Å². The summed E-state index contributed by atoms with van der Waals surface area (Å²) in [6.45, 7) is 3.32. The topological polar surface area (TPSA) is 76.3 Å². The van der Waals surface area contributed by atoms with Gasteiger partial charge in [-0.15, -0.1) is 0 Å². The van der Waals surface area contributed by atoms with Gasteiger partial charge in [-0.1, -0.05) is 6.92 Å². The van der Waals surface area contributed by atoms with Gasteiger partial charge in [-0.05, 0) is 50.3 Å². The number of aromatic nitrogens is 5. The summed E-state index contributed by atoms with van der Waals surface area (Å²) in [4.78, 5) is 26.5. The number of likely N-dealkylation sites (tertiary alicyclic amines) is 1. The van der Waals surface area contributed by atoms with Crippen molar-refractivity contribution in [3.63, 3.8) is 0 Å². The average molecular weight is 480 g/mol. The second-order valence-electron chi connectivity index (χ2n) is 8.79. The lowest BCUT2D eigenvalue weighted by molar-refractivity contribution is -0.141. The van der Waals surface area contributed by atoms with E-state index in [1.807, 2.05) is 6.92 Å². The lowest BCUT2D eigenvalue weighted by atomic mass is 9.98. The maximum Gasteiger partial charge on any atom is 0.433 e. The highest BCUT2D eigenvalue weighted by Gasteiger charge is 2.60. The lowest BCUT2D eigenvalue weighted by Crippen LogP contribution is -2.45. The zero-order chi connectivity index (χ0) is 24.4. The Balaban J connectivity index is 1.55. The van der Waals surface area contributed by atoms with Gasteiger partial charge in [-0.3, -0.25) is 4.79 Å². The predicted molar refractivity (Wildman–Crippen MR) is 109 cm³/mol. The first-order valence-electron chi connectivity index (χ1n) is 11.0. The van der Waals surface area contributed by atoms with E-state index in [2.05, 4.69) is 20.1 Å². The molecule has 0 N–H and O–H groups in total. The number of hydrogen-bond acceptors (Lipinski definition) is 5. The van der Waals surface area contributed by atoms with Gasteiger partial charge in [0, 0.05) is 29.3 Å². The van der Waals surface area contributed by atoms with Crippen molar-refractivity contribution in [1.29, 1.82) is 0 Å². The molecule has 2 fully saturated rings. The summed E-state index contributed by atoms with van der Waals surface area (Å²) < 4.78 is 68.3. The minimum absolute atomic E-state index is 0.0166. The molecule has 2 aliphatic rings. The van der Waals surface area contributed by atoms with E-state index >= 15 is 0 Å². The molecule has 0 radical (unpaired) electrons. The fourth-order valence-corrected chi connectivity index (χ4v) is 5.24. The lowest BCUT2D eigenvalue weighted by Gasteiger charge is -2.35. The predicted octanol–water partition coefficient (Wildman–Crippen LogP) is 4.58. The van der Waals surface area contributed by atoms with E-state index in [0.29, 0.717) is 18.5 Å². The van der Waals surface area contributed by atoms with Crippen LogP contribution in [0.4, 0.5) is 22.0 Å². The van der Waals surface area contributed by atoms with Crippen molar-refractivity contribution in [2.75, 3.05) is 0 Å². The molecular formula is C22H21F5N6O. The van der Waals surface area contributed by atoms with Crippen LogP contribution >= 0.6 is 0 Å². The number of fused-ring (bicyclic) bond motifs is 2. The molecule has 180 valence electrons. The summed E-state index contributed by atoms with van der Waals surface area (Å²) in [6, 6.07) is 2.90. The maximum atomic E-state index is 13.6. The molecule has 4 atom stereocenters. The highest BCUT2D eigenvalue weighted by Crippen LogP contribution is 2.57. The highest BCUT2D eigenvalue weighted by atomic mass is 19.4. The second-order valence-corrected chi connectivity index (χ2v) is 8.79. The normalized spacial score (nSPS) is 24.5. The van der Waals surface area contributed by atoms with Gasteiger partial charge >= 0.3 is 6.18 Å². The number of halogens is 5. The molecule has 1 amide bonds. The van der Waals surface area contributed by atoms with Crippen LogP contribution in [0.5, 0.6) is 0 Å². The molecule has 0 spiro atoms. The van der Waals surface area contributed by atoms with Crippen LogP contribution in [0, 0.1) is 12.8 Å². The Bertz CT molecular complexity index is 1260. The van der Waals surface area contributed by atoms with Crippen molar-refractivity contribution in [2.45, 2.75) is 63.7 Å². The van der Waals surface area contributed by atoms with Gasteiger partial charge < -0.3 is 4.90 Å². The molecule has 0 aromatic carbocycles. The summed E-state index contributed by atoms with van der Waals surface area (Å²) in [5, 5.41) is 4.12. The minimum atomic E-state index is -4.68. The Morgan fingerprint density at radius 3 is 2.62 bits per heavy atom. The molecule has 34 heavy (non-hydrogen) atoms. The summed E-state index contributed by atoms with van der Waals surface area (Å²) in [5.74, 6) is -0.786.